The fourth-order valence-electron chi connectivity index (χ4n) is 4.01. The molecule has 3 aromatic rings. The summed E-state index contributed by atoms with van der Waals surface area (Å²) in [7, 11) is 3.98. The van der Waals surface area contributed by atoms with E-state index in [0.717, 1.165) is 23.2 Å². The Labute approximate surface area is 199 Å². The van der Waals surface area contributed by atoms with Crippen molar-refractivity contribution in [2.24, 2.45) is 11.5 Å². The summed E-state index contributed by atoms with van der Waals surface area (Å²) in [5.41, 5.74) is 15.3. The van der Waals surface area contributed by atoms with E-state index in [1.165, 1.54) is 0 Å². The number of benzene rings is 3. The van der Waals surface area contributed by atoms with Crippen LogP contribution in [0.15, 0.2) is 72.8 Å². The van der Waals surface area contributed by atoms with Crippen LogP contribution in [0.4, 0.5) is 0 Å². The lowest BCUT2D eigenvalue weighted by molar-refractivity contribution is -0.136. The maximum Gasteiger partial charge on any atom is 0.285 e. The number of ketones is 1. The number of hydrogen-bond donors (Lipinski definition) is 2. The van der Waals surface area contributed by atoms with Crippen molar-refractivity contribution in [3.63, 3.8) is 0 Å². The van der Waals surface area contributed by atoms with Crippen molar-refractivity contribution >= 4 is 29.7 Å². The second-order valence-electron chi connectivity index (χ2n) is 8.41. The number of nitrogens with two attached hydrogens (primary N) is 2. The van der Waals surface area contributed by atoms with Crippen LogP contribution in [-0.2, 0) is 22.6 Å². The van der Waals surface area contributed by atoms with Gasteiger partial charge < -0.3 is 16.4 Å². The SMILES string of the molecule is CN(C)Cc1ccccc1C=Cc1c(C(N)=O)cccc1C(Cc1ccccc1)C(=O)C(N)=O. The van der Waals surface area contributed by atoms with Gasteiger partial charge in [-0.25, -0.2) is 0 Å². The highest BCUT2D eigenvalue weighted by Crippen LogP contribution is 2.29. The fraction of sp³-hybridized carbons (Fsp3) is 0.179. The molecule has 0 aromatic heterocycles. The first-order chi connectivity index (χ1) is 16.3. The summed E-state index contributed by atoms with van der Waals surface area (Å²) in [5.74, 6) is -3.20. The van der Waals surface area contributed by atoms with E-state index in [4.69, 9.17) is 11.5 Å². The molecule has 1 unspecified atom stereocenters. The molecule has 0 fully saturated rings. The van der Waals surface area contributed by atoms with Gasteiger partial charge in [-0.2, -0.15) is 0 Å². The van der Waals surface area contributed by atoms with Gasteiger partial charge in [0.25, 0.3) is 5.91 Å². The van der Waals surface area contributed by atoms with E-state index in [0.29, 0.717) is 11.1 Å². The first-order valence-corrected chi connectivity index (χ1v) is 11.0. The third kappa shape index (κ3) is 6.05. The molecule has 3 rings (SSSR count). The quantitative estimate of drug-likeness (QED) is 0.361. The van der Waals surface area contributed by atoms with Gasteiger partial charge in [-0.1, -0.05) is 78.9 Å². The Morgan fingerprint density at radius 3 is 2.18 bits per heavy atom. The van der Waals surface area contributed by atoms with Crippen LogP contribution in [0.1, 0.15) is 44.1 Å². The van der Waals surface area contributed by atoms with Crippen molar-refractivity contribution in [1.29, 1.82) is 0 Å². The minimum Gasteiger partial charge on any atom is -0.366 e. The molecule has 0 aliphatic heterocycles. The van der Waals surface area contributed by atoms with Crippen LogP contribution in [0.2, 0.25) is 0 Å². The highest BCUT2D eigenvalue weighted by Gasteiger charge is 2.28. The smallest absolute Gasteiger partial charge is 0.285 e. The van der Waals surface area contributed by atoms with Crippen LogP contribution in [0, 0.1) is 0 Å². The van der Waals surface area contributed by atoms with Gasteiger partial charge >= 0.3 is 0 Å². The van der Waals surface area contributed by atoms with Gasteiger partial charge in [0.2, 0.25) is 11.7 Å². The molecule has 174 valence electrons. The van der Waals surface area contributed by atoms with Gasteiger partial charge in [0.05, 0.1) is 5.92 Å². The molecule has 0 heterocycles. The Balaban J connectivity index is 2.14. The molecule has 0 saturated heterocycles. The van der Waals surface area contributed by atoms with Gasteiger partial charge in [-0.15, -0.1) is 0 Å². The van der Waals surface area contributed by atoms with Gasteiger partial charge in [-0.05, 0) is 54.4 Å². The predicted molar refractivity (Wildman–Crippen MR) is 135 cm³/mol. The lowest BCUT2D eigenvalue weighted by Crippen LogP contribution is -2.30. The summed E-state index contributed by atoms with van der Waals surface area (Å²) in [5, 5.41) is 0. The molecule has 0 saturated carbocycles. The largest absolute Gasteiger partial charge is 0.366 e. The van der Waals surface area contributed by atoms with E-state index < -0.39 is 23.5 Å². The van der Waals surface area contributed by atoms with Gasteiger partial charge in [0.1, 0.15) is 0 Å². The number of primary amides is 2. The van der Waals surface area contributed by atoms with Crippen LogP contribution in [0.3, 0.4) is 0 Å². The minimum absolute atomic E-state index is 0.267. The van der Waals surface area contributed by atoms with E-state index in [9.17, 15) is 14.4 Å². The Kier molecular flexibility index (Phi) is 8.11. The van der Waals surface area contributed by atoms with Crippen LogP contribution in [-0.4, -0.2) is 36.6 Å². The maximum atomic E-state index is 12.9. The van der Waals surface area contributed by atoms with E-state index in [1.54, 1.807) is 24.3 Å². The molecule has 3 aromatic carbocycles. The van der Waals surface area contributed by atoms with E-state index in [1.807, 2.05) is 74.8 Å². The van der Waals surface area contributed by atoms with Gasteiger partial charge in [0.15, 0.2) is 0 Å². The van der Waals surface area contributed by atoms with Crippen molar-refractivity contribution in [2.45, 2.75) is 18.9 Å². The second-order valence-corrected chi connectivity index (χ2v) is 8.41. The van der Waals surface area contributed by atoms with Crippen LogP contribution >= 0.6 is 0 Å². The average Bonchev–Trinajstić information content (AvgIpc) is 2.81. The number of carbonyl (C=O) groups excluding carboxylic acids is 3. The molecule has 4 N–H and O–H groups in total. The molecule has 0 aliphatic carbocycles. The van der Waals surface area contributed by atoms with Crippen molar-refractivity contribution in [3.05, 3.63) is 106 Å². The Morgan fingerprint density at radius 1 is 0.853 bits per heavy atom. The topological polar surface area (TPSA) is 106 Å². The summed E-state index contributed by atoms with van der Waals surface area (Å²) in [6.45, 7) is 0.738. The van der Waals surface area contributed by atoms with Crippen molar-refractivity contribution < 1.29 is 14.4 Å². The highest BCUT2D eigenvalue weighted by atomic mass is 16.2. The zero-order chi connectivity index (χ0) is 24.7. The number of Topliss-reactive ketones (excluding diaryl/α,β-unsaturated/α-hetero) is 1. The van der Waals surface area contributed by atoms with E-state index >= 15 is 0 Å². The number of carbonyl (C=O) groups is 3. The number of rotatable bonds is 10. The summed E-state index contributed by atoms with van der Waals surface area (Å²) >= 11 is 0. The zero-order valence-corrected chi connectivity index (χ0v) is 19.4. The molecule has 6 nitrogen and oxygen atoms in total. The summed E-state index contributed by atoms with van der Waals surface area (Å²) in [6.07, 6.45) is 3.96. The molecular formula is C28H29N3O3. The monoisotopic (exact) mass is 455 g/mol. The first kappa shape index (κ1) is 24.6. The predicted octanol–water partition coefficient (Wildman–Crippen LogP) is 3.40. The van der Waals surface area contributed by atoms with Crippen molar-refractivity contribution in [2.75, 3.05) is 14.1 Å². The molecular weight excluding hydrogens is 426 g/mol. The van der Waals surface area contributed by atoms with Gasteiger partial charge in [0, 0.05) is 12.1 Å². The first-order valence-electron chi connectivity index (χ1n) is 11.0. The fourth-order valence-corrected chi connectivity index (χ4v) is 4.01. The normalized spacial score (nSPS) is 12.1. The Bertz CT molecular complexity index is 1220. The molecule has 34 heavy (non-hydrogen) atoms. The third-order valence-electron chi connectivity index (χ3n) is 5.59. The average molecular weight is 456 g/mol. The Morgan fingerprint density at radius 2 is 1.53 bits per heavy atom. The molecule has 2 amide bonds. The van der Waals surface area contributed by atoms with Crippen LogP contribution < -0.4 is 11.5 Å². The molecule has 0 aliphatic rings. The number of amides is 2. The molecule has 1 atom stereocenters. The highest BCUT2D eigenvalue weighted by molar-refractivity contribution is 6.37. The second kappa shape index (κ2) is 11.2. The van der Waals surface area contributed by atoms with Crippen molar-refractivity contribution in [3.8, 4) is 0 Å². The zero-order valence-electron chi connectivity index (χ0n) is 19.4. The van der Waals surface area contributed by atoms with Crippen LogP contribution in [0.25, 0.3) is 12.2 Å². The third-order valence-corrected chi connectivity index (χ3v) is 5.59. The van der Waals surface area contributed by atoms with Crippen LogP contribution in [0.5, 0.6) is 0 Å². The Hall–Kier alpha value is -4.03. The standard InChI is InChI=1S/C28H29N3O3/c1-31(2)18-21-12-7-6-11-20(21)15-16-23-22(13-8-14-24(23)27(29)33)25(26(32)28(30)34)17-19-9-4-3-5-10-19/h3-16,25H,17-18H2,1-2H3,(H2,29,33)(H2,30,34). The van der Waals surface area contributed by atoms with E-state index in [-0.39, 0.29) is 12.0 Å². The summed E-state index contributed by atoms with van der Waals surface area (Å²) < 4.78 is 0. The molecule has 0 spiro atoms. The number of hydrogen-bond acceptors (Lipinski definition) is 4. The number of nitrogens with zero attached hydrogens (tertiary/aromatic N) is 1. The summed E-state index contributed by atoms with van der Waals surface area (Å²) in [4.78, 5) is 39.2. The lowest BCUT2D eigenvalue weighted by atomic mass is 9.83. The summed E-state index contributed by atoms with van der Waals surface area (Å²) in [6, 6.07) is 22.3. The maximum absolute atomic E-state index is 12.9. The van der Waals surface area contributed by atoms with Crippen molar-refractivity contribution in [1.82, 2.24) is 4.90 Å². The molecule has 0 bridgehead atoms. The minimum atomic E-state index is -1.02. The van der Waals surface area contributed by atoms with Gasteiger partial charge in [-0.3, -0.25) is 14.4 Å². The molecule has 6 heteroatoms. The van der Waals surface area contributed by atoms with E-state index in [2.05, 4.69) is 4.90 Å². The lowest BCUT2D eigenvalue weighted by Gasteiger charge is -2.19. The molecule has 0 radical (unpaired) electrons.